The molecule has 11 N–H and O–H groups in total. The summed E-state index contributed by atoms with van der Waals surface area (Å²) in [4.78, 5) is 31.7. The molecule has 0 fully saturated rings. The van der Waals surface area contributed by atoms with Gasteiger partial charge in [-0.15, -0.1) is 0 Å². The van der Waals surface area contributed by atoms with Crippen LogP contribution in [0.25, 0.3) is 0 Å². The molecular weight excluding hydrogens is 336 g/mol. The van der Waals surface area contributed by atoms with Crippen molar-refractivity contribution >= 4 is 23.8 Å². The first-order valence-corrected chi connectivity index (χ1v) is 7.40. The van der Waals surface area contributed by atoms with Gasteiger partial charge in [0.05, 0.1) is 13.2 Å². The zero-order valence-corrected chi connectivity index (χ0v) is 14.2. The van der Waals surface area contributed by atoms with Gasteiger partial charge in [0, 0.05) is 13.5 Å². The lowest BCUT2D eigenvalue weighted by molar-refractivity contribution is -0.161. The molecule has 12 nitrogen and oxygen atoms in total. The Morgan fingerprint density at radius 3 is 2.28 bits per heavy atom. The summed E-state index contributed by atoms with van der Waals surface area (Å²) in [5, 5.41) is 18.5. The van der Waals surface area contributed by atoms with Gasteiger partial charge in [0.25, 0.3) is 0 Å². The molecule has 2 atom stereocenters. The molecule has 146 valence electrons. The second-order valence-electron chi connectivity index (χ2n) is 4.83. The number of aliphatic hydroxyl groups excluding tert-OH is 1. The number of nitrogens with one attached hydrogen (secondary N) is 2. The molecule has 1 amide bonds. The molecule has 0 radical (unpaired) electrons. The quantitative estimate of drug-likeness (QED) is 0.0873. The van der Waals surface area contributed by atoms with Crippen molar-refractivity contribution in [1.82, 2.24) is 5.32 Å². The number of hydrogen-bond donors (Lipinski definition) is 7. The third-order valence-corrected chi connectivity index (χ3v) is 2.39. The van der Waals surface area contributed by atoms with E-state index in [1.165, 1.54) is 6.92 Å². The van der Waals surface area contributed by atoms with Crippen LogP contribution in [0.3, 0.4) is 0 Å². The molecule has 0 aromatic rings. The lowest BCUT2D eigenvalue weighted by Gasteiger charge is -2.17. The molecule has 0 aliphatic rings. The van der Waals surface area contributed by atoms with E-state index in [9.17, 15) is 14.4 Å². The number of aliphatic hydroxyl groups is 1. The van der Waals surface area contributed by atoms with Crippen LogP contribution in [0.1, 0.15) is 19.8 Å². The van der Waals surface area contributed by atoms with Crippen LogP contribution in [0, 0.1) is 5.41 Å². The summed E-state index contributed by atoms with van der Waals surface area (Å²) in [6.07, 6.45) is -0.0935. The number of esters is 2. The van der Waals surface area contributed by atoms with E-state index in [1.54, 1.807) is 0 Å². The van der Waals surface area contributed by atoms with Crippen LogP contribution in [0.4, 0.5) is 0 Å². The lowest BCUT2D eigenvalue weighted by atomic mass is 10.2. The number of guanidine groups is 1. The van der Waals surface area contributed by atoms with Crippen molar-refractivity contribution in [3.05, 3.63) is 0 Å². The highest BCUT2D eigenvalue weighted by atomic mass is 16.6. The minimum absolute atomic E-state index is 0.154. The minimum Gasteiger partial charge on any atom is -0.460 e. The highest BCUT2D eigenvalue weighted by Crippen LogP contribution is 1.99. The van der Waals surface area contributed by atoms with Crippen molar-refractivity contribution in [1.29, 1.82) is 5.41 Å². The maximum Gasteiger partial charge on any atom is 0.323 e. The minimum atomic E-state index is -0.962. The van der Waals surface area contributed by atoms with Gasteiger partial charge in [0.15, 0.2) is 12.1 Å². The molecular formula is C13H28N6O6. The second-order valence-corrected chi connectivity index (χ2v) is 4.83. The Morgan fingerprint density at radius 2 is 1.84 bits per heavy atom. The largest absolute Gasteiger partial charge is 0.460 e. The summed E-state index contributed by atoms with van der Waals surface area (Å²) in [6.45, 7) is 0.619. The highest BCUT2D eigenvalue weighted by Gasteiger charge is 2.19. The highest BCUT2D eigenvalue weighted by molar-refractivity contribution is 5.76. The molecule has 0 heterocycles. The number of carbonyl (C=O) groups is 3. The maximum absolute atomic E-state index is 11.6. The number of nitrogens with two attached hydrogens (primary N) is 4. The standard InChI is InChI=1S/C11H23N5O5.C2H5NO/c12-4-9(18)21-7(5-17)6-20-10(19)8(13)2-1-3-16-11(14)15;1-2(3)4/h7-8,17H,1-6,12-13H2,(H4,14,15,16);1H3,(H2,3,4)/t7?,8-;/m0./s1. The van der Waals surface area contributed by atoms with Gasteiger partial charge in [-0.3, -0.25) is 19.8 Å². The fourth-order valence-electron chi connectivity index (χ4n) is 1.30. The molecule has 12 heteroatoms. The maximum atomic E-state index is 11.6. The Morgan fingerprint density at radius 1 is 1.28 bits per heavy atom. The van der Waals surface area contributed by atoms with Gasteiger partial charge >= 0.3 is 11.9 Å². The first kappa shape index (κ1) is 24.8. The molecule has 0 aliphatic carbocycles. The Kier molecular flexibility index (Phi) is 15.0. The van der Waals surface area contributed by atoms with Crippen LogP contribution in [-0.2, 0) is 23.9 Å². The first-order valence-electron chi connectivity index (χ1n) is 7.40. The summed E-state index contributed by atoms with van der Waals surface area (Å²) in [5.74, 6) is -1.86. The first-order chi connectivity index (χ1) is 11.6. The SMILES string of the molecule is CC(N)=O.N=C(N)NCCC[C@H](N)C(=O)OCC(CO)OC(=O)CN. The van der Waals surface area contributed by atoms with Gasteiger partial charge in [-0.05, 0) is 12.8 Å². The Hall–Kier alpha value is -2.44. The van der Waals surface area contributed by atoms with E-state index in [2.05, 4.69) is 11.1 Å². The summed E-state index contributed by atoms with van der Waals surface area (Å²) in [7, 11) is 0. The average Bonchev–Trinajstić information content (AvgIpc) is 2.53. The van der Waals surface area contributed by atoms with E-state index in [-0.39, 0.29) is 25.0 Å². The second kappa shape index (κ2) is 15.1. The summed E-state index contributed by atoms with van der Waals surface area (Å²) >= 11 is 0. The molecule has 0 aromatic heterocycles. The lowest BCUT2D eigenvalue weighted by Crippen LogP contribution is -2.37. The van der Waals surface area contributed by atoms with Crippen LogP contribution in [0.5, 0.6) is 0 Å². The van der Waals surface area contributed by atoms with Crippen LogP contribution < -0.4 is 28.3 Å². The van der Waals surface area contributed by atoms with E-state index in [1.807, 2.05) is 0 Å². The monoisotopic (exact) mass is 364 g/mol. The molecule has 0 saturated carbocycles. The van der Waals surface area contributed by atoms with Crippen LogP contribution in [0.2, 0.25) is 0 Å². The van der Waals surface area contributed by atoms with Gasteiger partial charge in [-0.1, -0.05) is 0 Å². The molecule has 0 aliphatic heterocycles. The zero-order chi connectivity index (χ0) is 19.8. The van der Waals surface area contributed by atoms with Crippen LogP contribution >= 0.6 is 0 Å². The van der Waals surface area contributed by atoms with Crippen molar-refractivity contribution in [3.63, 3.8) is 0 Å². The predicted octanol–water partition coefficient (Wildman–Crippen LogP) is -3.53. The number of rotatable bonds is 10. The van der Waals surface area contributed by atoms with Gasteiger partial charge in [0.2, 0.25) is 5.91 Å². The fourth-order valence-corrected chi connectivity index (χ4v) is 1.30. The van der Waals surface area contributed by atoms with Gasteiger partial charge < -0.3 is 42.8 Å². The number of primary amides is 1. The van der Waals surface area contributed by atoms with E-state index in [0.717, 1.165) is 0 Å². The van der Waals surface area contributed by atoms with Crippen molar-refractivity contribution in [2.45, 2.75) is 31.9 Å². The molecule has 0 saturated heterocycles. The van der Waals surface area contributed by atoms with Crippen molar-refractivity contribution in [3.8, 4) is 0 Å². The zero-order valence-electron chi connectivity index (χ0n) is 14.2. The molecule has 25 heavy (non-hydrogen) atoms. The van der Waals surface area contributed by atoms with Crippen LogP contribution in [-0.4, -0.2) is 67.4 Å². The Bertz CT molecular complexity index is 429. The number of amides is 1. The van der Waals surface area contributed by atoms with Gasteiger partial charge in [0.1, 0.15) is 12.6 Å². The third kappa shape index (κ3) is 17.7. The molecule has 0 bridgehead atoms. The molecule has 1 unspecified atom stereocenters. The van der Waals surface area contributed by atoms with Crippen LogP contribution in [0.15, 0.2) is 0 Å². The van der Waals surface area contributed by atoms with Crippen molar-refractivity contribution < 1.29 is 29.0 Å². The molecule has 0 rings (SSSR count). The van der Waals surface area contributed by atoms with Crippen molar-refractivity contribution in [2.75, 3.05) is 26.3 Å². The van der Waals surface area contributed by atoms with Crippen molar-refractivity contribution in [2.24, 2.45) is 22.9 Å². The fraction of sp³-hybridized carbons (Fsp3) is 0.692. The number of carbonyl (C=O) groups excluding carboxylic acids is 3. The van der Waals surface area contributed by atoms with E-state index in [0.29, 0.717) is 19.4 Å². The van der Waals surface area contributed by atoms with Gasteiger partial charge in [-0.2, -0.15) is 0 Å². The number of ether oxygens (including phenoxy) is 2. The summed E-state index contributed by atoms with van der Waals surface area (Å²) in [5.41, 5.74) is 20.2. The third-order valence-electron chi connectivity index (χ3n) is 2.39. The molecule has 0 aromatic carbocycles. The molecule has 0 spiro atoms. The van der Waals surface area contributed by atoms with Gasteiger partial charge in [-0.25, -0.2) is 0 Å². The van der Waals surface area contributed by atoms with E-state index in [4.69, 9.17) is 37.2 Å². The Labute approximate surface area is 145 Å². The average molecular weight is 364 g/mol. The Balaban J connectivity index is 0. The number of hydrogen-bond acceptors (Lipinski definition) is 9. The smallest absolute Gasteiger partial charge is 0.323 e. The predicted molar refractivity (Wildman–Crippen MR) is 89.0 cm³/mol. The normalized spacial score (nSPS) is 12.0. The van der Waals surface area contributed by atoms with E-state index >= 15 is 0 Å². The topological polar surface area (TPSA) is 230 Å². The summed E-state index contributed by atoms with van der Waals surface area (Å²) in [6, 6.07) is -0.844. The van der Waals surface area contributed by atoms with E-state index < -0.39 is 30.7 Å². The summed E-state index contributed by atoms with van der Waals surface area (Å²) < 4.78 is 9.58.